The van der Waals surface area contributed by atoms with Gasteiger partial charge in [0, 0.05) is 49.4 Å². The lowest BCUT2D eigenvalue weighted by atomic mass is 9.82. The molecule has 3 aromatic carbocycles. The van der Waals surface area contributed by atoms with E-state index in [1.807, 2.05) is 60.9 Å². The van der Waals surface area contributed by atoms with Crippen LogP contribution in [0.25, 0.3) is 11.4 Å². The van der Waals surface area contributed by atoms with Gasteiger partial charge in [-0.3, -0.25) is 38.4 Å². The second-order valence-electron chi connectivity index (χ2n) is 14.6. The monoisotopic (exact) mass is 788 g/mol. The van der Waals surface area contributed by atoms with Crippen LogP contribution in [-0.2, 0) is 13.1 Å². The maximum absolute atomic E-state index is 14.2. The Labute approximate surface area is 331 Å². The Balaban J connectivity index is 1.33. The Morgan fingerprint density at radius 2 is 1.36 bits per heavy atom. The largest absolute Gasteiger partial charge is 0.496 e. The standard InChI is InChI=1S/C42H40N6O6S2/c1-23-9-4-6-11-29(23)47-39(52)35(37(50)43-41(47)55)34(36-38(51)44-42(56)48(40(36)53)30-12-7-5-10-24(30)2)26-15-16-32(54-3)28(18-26)22-45-19-25-17-27(21-45)31-13-8-14-33(49)46(31)20-25/h4-16,18,25,27,34,52-53H,17,19-22H2,1-3H3,(H,43,50,55)(H,44,51,56)/t25-,27?/m0/s1. The van der Waals surface area contributed by atoms with E-state index in [2.05, 4.69) is 14.9 Å². The van der Waals surface area contributed by atoms with Gasteiger partial charge < -0.3 is 19.5 Å². The lowest BCUT2D eigenvalue weighted by Gasteiger charge is -2.43. The molecule has 12 nitrogen and oxygen atoms in total. The van der Waals surface area contributed by atoms with Gasteiger partial charge in [-0.2, -0.15) is 0 Å². The van der Waals surface area contributed by atoms with Crippen LogP contribution in [-0.4, -0.2) is 59.0 Å². The molecule has 0 spiro atoms. The number of hydrogen-bond donors (Lipinski definition) is 4. The Hall–Kier alpha value is -5.83. The molecule has 286 valence electrons. The molecule has 2 aliphatic heterocycles. The number of nitrogens with zero attached hydrogens (tertiary/aromatic N) is 4. The van der Waals surface area contributed by atoms with Crippen molar-refractivity contribution in [1.82, 2.24) is 28.6 Å². The third kappa shape index (κ3) is 6.42. The van der Waals surface area contributed by atoms with E-state index in [0.29, 0.717) is 42.3 Å². The molecule has 56 heavy (non-hydrogen) atoms. The van der Waals surface area contributed by atoms with Gasteiger partial charge in [0.1, 0.15) is 5.75 Å². The molecular weight excluding hydrogens is 749 g/mol. The molecule has 0 radical (unpaired) electrons. The zero-order valence-electron chi connectivity index (χ0n) is 31.0. The highest BCUT2D eigenvalue weighted by atomic mass is 32.1. The molecule has 1 fully saturated rings. The van der Waals surface area contributed by atoms with Gasteiger partial charge in [0.2, 0.25) is 11.8 Å². The number of aromatic nitrogens is 5. The highest BCUT2D eigenvalue weighted by Gasteiger charge is 2.36. The van der Waals surface area contributed by atoms with Crippen molar-refractivity contribution in [2.75, 3.05) is 20.2 Å². The zero-order chi connectivity index (χ0) is 39.4. The van der Waals surface area contributed by atoms with E-state index < -0.39 is 28.8 Å². The van der Waals surface area contributed by atoms with E-state index in [1.54, 1.807) is 49.6 Å². The molecule has 1 unspecified atom stereocenters. The number of para-hydroxylation sites is 2. The van der Waals surface area contributed by atoms with Gasteiger partial charge in [-0.05, 0) is 97.6 Å². The number of aromatic amines is 2. The first-order valence-corrected chi connectivity index (χ1v) is 19.1. The third-order valence-electron chi connectivity index (χ3n) is 11.1. The van der Waals surface area contributed by atoms with Crippen molar-refractivity contribution in [1.29, 1.82) is 0 Å². The number of methoxy groups -OCH3 is 1. The average molecular weight is 789 g/mol. The fourth-order valence-electron chi connectivity index (χ4n) is 8.62. The summed E-state index contributed by atoms with van der Waals surface area (Å²) in [7, 11) is 1.58. The number of H-pyrrole nitrogens is 2. The number of piperidine rings is 1. The summed E-state index contributed by atoms with van der Waals surface area (Å²) in [6, 6.07) is 25.3. The summed E-state index contributed by atoms with van der Waals surface area (Å²) in [6.07, 6.45) is 0.989. The molecule has 1 saturated heterocycles. The van der Waals surface area contributed by atoms with Gasteiger partial charge in [-0.15, -0.1) is 0 Å². The van der Waals surface area contributed by atoms with Gasteiger partial charge in [0.25, 0.3) is 16.7 Å². The molecule has 2 atom stereocenters. The molecule has 4 N–H and O–H groups in total. The van der Waals surface area contributed by atoms with E-state index in [1.165, 1.54) is 9.13 Å². The van der Waals surface area contributed by atoms with Gasteiger partial charge in [-0.25, -0.2) is 0 Å². The average Bonchev–Trinajstić information content (AvgIpc) is 3.16. The number of nitrogens with one attached hydrogen (secondary N) is 2. The van der Waals surface area contributed by atoms with Crippen LogP contribution in [0.15, 0.2) is 99.3 Å². The number of benzene rings is 3. The van der Waals surface area contributed by atoms with Crippen molar-refractivity contribution in [3.8, 4) is 28.9 Å². The van der Waals surface area contributed by atoms with Crippen LogP contribution < -0.4 is 21.4 Å². The molecule has 0 aliphatic carbocycles. The number of fused-ring (bicyclic) bond motifs is 4. The Bertz CT molecular complexity index is 2710. The molecule has 8 rings (SSSR count). The third-order valence-corrected chi connectivity index (χ3v) is 11.7. The molecule has 0 amide bonds. The van der Waals surface area contributed by atoms with Crippen LogP contribution in [0.1, 0.15) is 57.3 Å². The first kappa shape index (κ1) is 37.1. The summed E-state index contributed by atoms with van der Waals surface area (Å²) in [5.41, 5.74) is 2.95. The first-order chi connectivity index (χ1) is 26.9. The Morgan fingerprint density at radius 1 is 0.768 bits per heavy atom. The number of ether oxygens (including phenoxy) is 1. The molecule has 2 bridgehead atoms. The predicted octanol–water partition coefficient (Wildman–Crippen LogP) is 6.10. The van der Waals surface area contributed by atoms with Crippen LogP contribution >= 0.6 is 24.4 Å². The summed E-state index contributed by atoms with van der Waals surface area (Å²) in [4.78, 5) is 48.9. The highest BCUT2D eigenvalue weighted by molar-refractivity contribution is 7.71. The summed E-state index contributed by atoms with van der Waals surface area (Å²) >= 11 is 11.2. The smallest absolute Gasteiger partial charge is 0.259 e. The van der Waals surface area contributed by atoms with Crippen molar-refractivity contribution < 1.29 is 14.9 Å². The number of pyridine rings is 1. The minimum absolute atomic E-state index is 0.0168. The summed E-state index contributed by atoms with van der Waals surface area (Å²) in [5.74, 6) is -1.27. The fraction of sp³-hybridized carbons (Fsp3) is 0.262. The quantitative estimate of drug-likeness (QED) is 0.134. The van der Waals surface area contributed by atoms with E-state index in [0.717, 1.165) is 35.3 Å². The maximum Gasteiger partial charge on any atom is 0.259 e. The molecule has 2 aliphatic rings. The number of likely N-dealkylation sites (tertiary alicyclic amines) is 1. The number of aryl methyl sites for hydroxylation is 2. The molecule has 5 heterocycles. The van der Waals surface area contributed by atoms with Crippen molar-refractivity contribution in [2.45, 2.75) is 45.2 Å². The minimum Gasteiger partial charge on any atom is -0.496 e. The maximum atomic E-state index is 14.2. The first-order valence-electron chi connectivity index (χ1n) is 18.3. The molecule has 14 heteroatoms. The van der Waals surface area contributed by atoms with Crippen molar-refractivity contribution in [3.63, 3.8) is 0 Å². The van der Waals surface area contributed by atoms with Gasteiger partial charge in [-0.1, -0.05) is 48.5 Å². The summed E-state index contributed by atoms with van der Waals surface area (Å²) < 4.78 is 10.4. The van der Waals surface area contributed by atoms with Crippen LogP contribution in [0.5, 0.6) is 17.5 Å². The van der Waals surface area contributed by atoms with Crippen LogP contribution in [0.2, 0.25) is 0 Å². The predicted molar refractivity (Wildman–Crippen MR) is 218 cm³/mol. The topological polar surface area (TPSA) is 151 Å². The lowest BCUT2D eigenvalue weighted by Crippen LogP contribution is -2.46. The van der Waals surface area contributed by atoms with Gasteiger partial charge in [0.05, 0.1) is 35.5 Å². The van der Waals surface area contributed by atoms with E-state index in [4.69, 9.17) is 29.2 Å². The second kappa shape index (κ2) is 14.7. The van der Waals surface area contributed by atoms with Crippen LogP contribution in [0.3, 0.4) is 0 Å². The zero-order valence-corrected chi connectivity index (χ0v) is 32.6. The van der Waals surface area contributed by atoms with Gasteiger partial charge >= 0.3 is 0 Å². The molecule has 6 aromatic rings. The van der Waals surface area contributed by atoms with Crippen molar-refractivity contribution in [3.05, 3.63) is 165 Å². The van der Waals surface area contributed by atoms with Crippen LogP contribution in [0.4, 0.5) is 0 Å². The van der Waals surface area contributed by atoms with Crippen molar-refractivity contribution >= 4 is 24.4 Å². The van der Waals surface area contributed by atoms with E-state index in [-0.39, 0.29) is 38.1 Å². The fourth-order valence-corrected chi connectivity index (χ4v) is 9.17. The van der Waals surface area contributed by atoms with E-state index in [9.17, 15) is 24.6 Å². The molecular formula is C42H40N6O6S2. The number of hydrogen-bond acceptors (Lipinski definition) is 9. The van der Waals surface area contributed by atoms with Gasteiger partial charge in [0.15, 0.2) is 9.54 Å². The molecule has 0 saturated carbocycles. The summed E-state index contributed by atoms with van der Waals surface area (Å²) in [5, 5.41) is 24.4. The minimum atomic E-state index is -1.33. The number of rotatable bonds is 8. The Morgan fingerprint density at radius 3 is 1.93 bits per heavy atom. The number of aromatic hydroxyl groups is 2. The summed E-state index contributed by atoms with van der Waals surface area (Å²) in [6.45, 7) is 6.27. The van der Waals surface area contributed by atoms with Crippen molar-refractivity contribution in [2.24, 2.45) is 5.92 Å². The SMILES string of the molecule is COc1ccc(C(c2c(O)n(-c3ccccc3C)c(=S)[nH]c2=O)c2c(O)n(-c3ccccc3C)c(=S)[nH]c2=O)cc1CN1CC2C[C@@H](C1)Cn1c2cccc1=O. The molecule has 3 aromatic heterocycles. The second-order valence-corrected chi connectivity index (χ2v) is 15.4. The lowest BCUT2D eigenvalue weighted by molar-refractivity contribution is 0.113. The highest BCUT2D eigenvalue weighted by Crippen LogP contribution is 2.41. The Kier molecular flexibility index (Phi) is 9.73. The normalized spacial score (nSPS) is 16.5. The van der Waals surface area contributed by atoms with Crippen LogP contribution in [0, 0.1) is 29.3 Å². The van der Waals surface area contributed by atoms with E-state index >= 15 is 0 Å².